The Morgan fingerprint density at radius 1 is 1.21 bits per heavy atom. The van der Waals surface area contributed by atoms with Gasteiger partial charge in [-0.1, -0.05) is 19.8 Å². The number of hydrogen-bond acceptors (Lipinski definition) is 3. The van der Waals surface area contributed by atoms with Gasteiger partial charge >= 0.3 is 0 Å². The van der Waals surface area contributed by atoms with Crippen LogP contribution in [0, 0.1) is 11.3 Å². The van der Waals surface area contributed by atoms with Crippen LogP contribution in [-0.4, -0.2) is 17.4 Å². The molecule has 2 aromatic rings. The van der Waals surface area contributed by atoms with Crippen LogP contribution in [0.1, 0.15) is 66.1 Å². The van der Waals surface area contributed by atoms with Gasteiger partial charge in [0, 0.05) is 18.5 Å². The van der Waals surface area contributed by atoms with Crippen molar-refractivity contribution in [3.8, 4) is 6.07 Å². The van der Waals surface area contributed by atoms with Gasteiger partial charge in [0.05, 0.1) is 17.7 Å². The molecule has 0 radical (unpaired) electrons. The molecule has 1 aliphatic heterocycles. The Hall–Kier alpha value is -2.54. The van der Waals surface area contributed by atoms with E-state index in [9.17, 15) is 4.79 Å². The van der Waals surface area contributed by atoms with Gasteiger partial charge in [0.15, 0.2) is 0 Å². The first-order chi connectivity index (χ1) is 11.7. The summed E-state index contributed by atoms with van der Waals surface area (Å²) >= 11 is 0. The van der Waals surface area contributed by atoms with Crippen molar-refractivity contribution in [2.24, 2.45) is 0 Å². The number of benzene rings is 1. The van der Waals surface area contributed by atoms with Crippen molar-refractivity contribution < 1.29 is 9.21 Å². The van der Waals surface area contributed by atoms with E-state index < -0.39 is 0 Å². The second-order valence-corrected chi connectivity index (χ2v) is 6.21. The van der Waals surface area contributed by atoms with E-state index in [1.807, 2.05) is 17.0 Å². The molecule has 4 heteroatoms. The largest absolute Gasteiger partial charge is 0.464 e. The van der Waals surface area contributed by atoms with Gasteiger partial charge in [-0.3, -0.25) is 4.79 Å². The lowest BCUT2D eigenvalue weighted by Gasteiger charge is -2.29. The Bertz CT molecular complexity index is 740. The summed E-state index contributed by atoms with van der Waals surface area (Å²) in [7, 11) is 0. The van der Waals surface area contributed by atoms with Crippen LogP contribution >= 0.6 is 0 Å². The number of amides is 1. The summed E-state index contributed by atoms with van der Waals surface area (Å²) in [5, 5.41) is 8.91. The monoisotopic (exact) mass is 322 g/mol. The molecule has 1 aliphatic rings. The summed E-state index contributed by atoms with van der Waals surface area (Å²) in [4.78, 5) is 15.0. The summed E-state index contributed by atoms with van der Waals surface area (Å²) in [6.07, 6.45) is 5.04. The van der Waals surface area contributed by atoms with Crippen molar-refractivity contribution in [1.29, 1.82) is 5.26 Å². The number of furan rings is 1. The van der Waals surface area contributed by atoms with Crippen molar-refractivity contribution in [1.82, 2.24) is 4.90 Å². The van der Waals surface area contributed by atoms with Crippen LogP contribution < -0.4 is 0 Å². The fraction of sp³-hybridized carbons (Fsp3) is 0.400. The smallest absolute Gasteiger partial charge is 0.254 e. The maximum absolute atomic E-state index is 13.0. The molecule has 0 N–H and O–H groups in total. The number of nitriles is 1. The van der Waals surface area contributed by atoms with Crippen LogP contribution in [0.15, 0.2) is 40.8 Å². The van der Waals surface area contributed by atoms with Gasteiger partial charge in [-0.15, -0.1) is 0 Å². The van der Waals surface area contributed by atoms with Crippen LogP contribution in [0.25, 0.3) is 0 Å². The number of carbonyl (C=O) groups excluding carboxylic acids is 1. The third-order valence-corrected chi connectivity index (χ3v) is 4.63. The lowest BCUT2D eigenvalue weighted by atomic mass is 10.1. The van der Waals surface area contributed by atoms with E-state index in [0.29, 0.717) is 11.1 Å². The molecule has 1 aromatic carbocycles. The quantitative estimate of drug-likeness (QED) is 0.837. The summed E-state index contributed by atoms with van der Waals surface area (Å²) in [5.41, 5.74) is 1.20. The van der Waals surface area contributed by atoms with E-state index in [1.54, 1.807) is 24.3 Å². The molecule has 1 fully saturated rings. The van der Waals surface area contributed by atoms with Crippen LogP contribution in [0.3, 0.4) is 0 Å². The lowest BCUT2D eigenvalue weighted by Crippen LogP contribution is -2.34. The first-order valence-corrected chi connectivity index (χ1v) is 8.62. The van der Waals surface area contributed by atoms with E-state index in [0.717, 1.165) is 50.2 Å². The third kappa shape index (κ3) is 3.35. The zero-order chi connectivity index (χ0) is 16.9. The molecule has 24 heavy (non-hydrogen) atoms. The number of carbonyl (C=O) groups is 1. The highest BCUT2D eigenvalue weighted by atomic mass is 16.3. The lowest BCUT2D eigenvalue weighted by molar-refractivity contribution is 0.0657. The van der Waals surface area contributed by atoms with Gasteiger partial charge in [0.2, 0.25) is 0 Å². The predicted molar refractivity (Wildman–Crippen MR) is 91.5 cm³/mol. The predicted octanol–water partition coefficient (Wildman–Crippen LogP) is 4.47. The van der Waals surface area contributed by atoms with Gasteiger partial charge < -0.3 is 9.32 Å². The molecule has 1 amide bonds. The van der Waals surface area contributed by atoms with E-state index in [1.165, 1.54) is 0 Å². The normalized spacial score (nSPS) is 18.0. The maximum Gasteiger partial charge on any atom is 0.254 e. The minimum Gasteiger partial charge on any atom is -0.464 e. The molecule has 1 unspecified atom stereocenters. The molecule has 4 nitrogen and oxygen atoms in total. The van der Waals surface area contributed by atoms with Crippen LogP contribution in [0.2, 0.25) is 0 Å². The average molecular weight is 322 g/mol. The molecule has 0 spiro atoms. The molecular formula is C20H22N2O2. The molecule has 0 saturated carbocycles. The number of hydrogen-bond donors (Lipinski definition) is 0. The van der Waals surface area contributed by atoms with Crippen LogP contribution in [0.5, 0.6) is 0 Å². The minimum atomic E-state index is -0.00376. The van der Waals surface area contributed by atoms with Crippen LogP contribution in [-0.2, 0) is 6.42 Å². The maximum atomic E-state index is 13.0. The molecular weight excluding hydrogens is 300 g/mol. The van der Waals surface area contributed by atoms with Crippen molar-refractivity contribution in [3.63, 3.8) is 0 Å². The molecule has 3 rings (SSSR count). The Labute approximate surface area is 142 Å². The number of rotatable bonds is 3. The highest BCUT2D eigenvalue weighted by Crippen LogP contribution is 2.32. The first-order valence-electron chi connectivity index (χ1n) is 8.62. The fourth-order valence-corrected chi connectivity index (χ4v) is 3.26. The number of nitrogens with zero attached hydrogens (tertiary/aromatic N) is 2. The highest BCUT2D eigenvalue weighted by molar-refractivity contribution is 5.94. The van der Waals surface area contributed by atoms with Gasteiger partial charge in [-0.05, 0) is 49.2 Å². The molecule has 124 valence electrons. The van der Waals surface area contributed by atoms with Gasteiger partial charge in [0.25, 0.3) is 5.91 Å². The van der Waals surface area contributed by atoms with Crippen molar-refractivity contribution in [2.45, 2.75) is 45.1 Å². The summed E-state index contributed by atoms with van der Waals surface area (Å²) in [5.74, 6) is 1.86. The first kappa shape index (κ1) is 16.3. The second-order valence-electron chi connectivity index (χ2n) is 6.21. The second kappa shape index (κ2) is 7.35. The minimum absolute atomic E-state index is 0.00376. The number of likely N-dealkylation sites (tertiary alicyclic amines) is 1. The zero-order valence-corrected chi connectivity index (χ0v) is 14.0. The molecule has 1 aromatic heterocycles. The SMILES string of the molecule is CCc1ccc(C2CCCCCN2C(=O)c2ccc(C#N)cc2)o1. The average Bonchev–Trinajstić information content (AvgIpc) is 2.98. The van der Waals surface area contributed by atoms with E-state index in [4.69, 9.17) is 9.68 Å². The highest BCUT2D eigenvalue weighted by Gasteiger charge is 2.29. The standard InChI is InChI=1S/C20H22N2O2/c1-2-17-11-12-19(24-17)18-6-4-3-5-13-22(18)20(23)16-9-7-15(14-21)8-10-16/h7-12,18H,2-6,13H2,1H3. The number of aryl methyl sites for hydroxylation is 1. The summed E-state index contributed by atoms with van der Waals surface area (Å²) in [6, 6.07) is 13.0. The van der Waals surface area contributed by atoms with E-state index in [-0.39, 0.29) is 11.9 Å². The Kier molecular flexibility index (Phi) is 5.00. The Balaban J connectivity index is 1.88. The van der Waals surface area contributed by atoms with Crippen molar-refractivity contribution >= 4 is 5.91 Å². The van der Waals surface area contributed by atoms with Gasteiger partial charge in [-0.2, -0.15) is 5.26 Å². The Morgan fingerprint density at radius 3 is 2.67 bits per heavy atom. The topological polar surface area (TPSA) is 57.2 Å². The summed E-state index contributed by atoms with van der Waals surface area (Å²) < 4.78 is 5.94. The van der Waals surface area contributed by atoms with E-state index in [2.05, 4.69) is 13.0 Å². The van der Waals surface area contributed by atoms with Crippen molar-refractivity contribution in [2.75, 3.05) is 6.54 Å². The zero-order valence-electron chi connectivity index (χ0n) is 14.0. The summed E-state index contributed by atoms with van der Waals surface area (Å²) in [6.45, 7) is 2.81. The fourth-order valence-electron chi connectivity index (χ4n) is 3.26. The molecule has 0 bridgehead atoms. The molecule has 0 aliphatic carbocycles. The van der Waals surface area contributed by atoms with Gasteiger partial charge in [-0.25, -0.2) is 0 Å². The third-order valence-electron chi connectivity index (χ3n) is 4.63. The molecule has 1 atom stereocenters. The van der Waals surface area contributed by atoms with Crippen LogP contribution in [0.4, 0.5) is 0 Å². The van der Waals surface area contributed by atoms with E-state index >= 15 is 0 Å². The van der Waals surface area contributed by atoms with Crippen molar-refractivity contribution in [3.05, 3.63) is 59.0 Å². The molecule has 1 saturated heterocycles. The molecule has 2 heterocycles. The Morgan fingerprint density at radius 2 is 2.00 bits per heavy atom. The van der Waals surface area contributed by atoms with Gasteiger partial charge in [0.1, 0.15) is 11.5 Å².